The van der Waals surface area contributed by atoms with Crippen LogP contribution in [0.2, 0.25) is 0 Å². The Morgan fingerprint density at radius 1 is 1.24 bits per heavy atom. The van der Waals surface area contributed by atoms with Crippen molar-refractivity contribution in [3.63, 3.8) is 0 Å². The second-order valence-corrected chi connectivity index (χ2v) is 5.43. The Hall–Kier alpha value is -1.69. The number of benzene rings is 1. The van der Waals surface area contributed by atoms with Crippen molar-refractivity contribution >= 4 is 0 Å². The highest BCUT2D eigenvalue weighted by molar-refractivity contribution is 5.13. The molecule has 1 atom stereocenters. The van der Waals surface area contributed by atoms with Gasteiger partial charge in [-0.3, -0.25) is 4.90 Å². The van der Waals surface area contributed by atoms with Crippen molar-refractivity contribution in [2.75, 3.05) is 19.7 Å². The number of ether oxygens (including phenoxy) is 1. The molecule has 0 spiro atoms. The Morgan fingerprint density at radius 2 is 2.10 bits per heavy atom. The van der Waals surface area contributed by atoms with Crippen LogP contribution in [0.15, 0.2) is 42.7 Å². The minimum Gasteiger partial charge on any atom is -0.389 e. The van der Waals surface area contributed by atoms with Crippen LogP contribution in [0.1, 0.15) is 11.4 Å². The topological polar surface area (TPSA) is 50.5 Å². The maximum atomic E-state index is 10.1. The highest BCUT2D eigenvalue weighted by atomic mass is 16.5. The summed E-state index contributed by atoms with van der Waals surface area (Å²) in [6, 6.07) is 10.0. The zero-order valence-corrected chi connectivity index (χ0v) is 12.1. The number of imidazole rings is 1. The Balaban J connectivity index is 1.40. The first-order valence-electron chi connectivity index (χ1n) is 7.33. The van der Waals surface area contributed by atoms with Crippen LogP contribution in [-0.2, 0) is 24.4 Å². The highest BCUT2D eigenvalue weighted by Crippen LogP contribution is 2.10. The van der Waals surface area contributed by atoms with Crippen molar-refractivity contribution in [1.82, 2.24) is 14.5 Å². The summed E-state index contributed by atoms with van der Waals surface area (Å²) < 4.78 is 7.74. The van der Waals surface area contributed by atoms with Crippen molar-refractivity contribution in [2.24, 2.45) is 0 Å². The molecule has 0 radical (unpaired) electrons. The third kappa shape index (κ3) is 3.91. The molecular formula is C16H21N3O2. The molecule has 2 aromatic rings. The van der Waals surface area contributed by atoms with Crippen LogP contribution in [-0.4, -0.2) is 45.4 Å². The molecule has 112 valence electrons. The lowest BCUT2D eigenvalue weighted by Crippen LogP contribution is -2.40. The van der Waals surface area contributed by atoms with Gasteiger partial charge in [0.2, 0.25) is 0 Å². The summed E-state index contributed by atoms with van der Waals surface area (Å²) in [5, 5.41) is 10.1. The Bertz CT molecular complexity index is 556. The third-order valence-electron chi connectivity index (χ3n) is 3.71. The van der Waals surface area contributed by atoms with Gasteiger partial charge in [-0.25, -0.2) is 4.98 Å². The van der Waals surface area contributed by atoms with Gasteiger partial charge in [0.15, 0.2) is 0 Å². The summed E-state index contributed by atoms with van der Waals surface area (Å²) in [5.74, 6) is 1.07. The van der Waals surface area contributed by atoms with E-state index in [4.69, 9.17) is 4.74 Å². The predicted molar refractivity (Wildman–Crippen MR) is 79.6 cm³/mol. The van der Waals surface area contributed by atoms with E-state index in [0.29, 0.717) is 19.8 Å². The van der Waals surface area contributed by atoms with Gasteiger partial charge in [-0.1, -0.05) is 30.3 Å². The second kappa shape index (κ2) is 6.85. The van der Waals surface area contributed by atoms with Crippen molar-refractivity contribution in [3.8, 4) is 0 Å². The van der Waals surface area contributed by atoms with Crippen LogP contribution in [0.4, 0.5) is 0 Å². The Kier molecular flexibility index (Phi) is 4.65. The van der Waals surface area contributed by atoms with Crippen molar-refractivity contribution < 1.29 is 9.84 Å². The van der Waals surface area contributed by atoms with Crippen molar-refractivity contribution in [2.45, 2.75) is 25.8 Å². The molecule has 2 heterocycles. The molecule has 1 N–H and O–H groups in total. The lowest BCUT2D eigenvalue weighted by molar-refractivity contribution is 0.00542. The first-order chi connectivity index (χ1) is 10.3. The van der Waals surface area contributed by atoms with Crippen LogP contribution < -0.4 is 0 Å². The van der Waals surface area contributed by atoms with E-state index in [1.807, 2.05) is 42.7 Å². The molecule has 1 unspecified atom stereocenters. The van der Waals surface area contributed by atoms with Gasteiger partial charge < -0.3 is 14.4 Å². The number of aliphatic hydroxyl groups excluding tert-OH is 1. The average Bonchev–Trinajstić information content (AvgIpc) is 2.96. The normalized spacial score (nSPS) is 16.6. The SMILES string of the molecule is OC(COCc1ccccc1)CN1CCn2ccnc2C1. The fraction of sp³-hybridized carbons (Fsp3) is 0.438. The zero-order chi connectivity index (χ0) is 14.5. The van der Waals surface area contributed by atoms with Gasteiger partial charge >= 0.3 is 0 Å². The van der Waals surface area contributed by atoms with E-state index in [0.717, 1.165) is 31.0 Å². The number of rotatable bonds is 6. The zero-order valence-electron chi connectivity index (χ0n) is 12.1. The molecule has 0 bridgehead atoms. The largest absolute Gasteiger partial charge is 0.389 e. The first kappa shape index (κ1) is 14.3. The molecule has 1 aromatic heterocycles. The van der Waals surface area contributed by atoms with Crippen LogP contribution >= 0.6 is 0 Å². The third-order valence-corrected chi connectivity index (χ3v) is 3.71. The molecule has 3 rings (SSSR count). The smallest absolute Gasteiger partial charge is 0.122 e. The van der Waals surface area contributed by atoms with E-state index < -0.39 is 6.10 Å². The second-order valence-electron chi connectivity index (χ2n) is 5.43. The number of aliphatic hydroxyl groups is 1. The van der Waals surface area contributed by atoms with Crippen molar-refractivity contribution in [1.29, 1.82) is 0 Å². The maximum Gasteiger partial charge on any atom is 0.122 e. The number of fused-ring (bicyclic) bond motifs is 1. The van der Waals surface area contributed by atoms with Gasteiger partial charge in [-0.05, 0) is 5.56 Å². The molecule has 0 saturated carbocycles. The summed E-state index contributed by atoms with van der Waals surface area (Å²) in [5.41, 5.74) is 1.13. The molecule has 1 aliphatic rings. The molecule has 5 nitrogen and oxygen atoms in total. The summed E-state index contributed by atoms with van der Waals surface area (Å²) in [6.07, 6.45) is 3.37. The first-order valence-corrected chi connectivity index (χ1v) is 7.33. The molecule has 21 heavy (non-hydrogen) atoms. The van der Waals surface area contributed by atoms with E-state index in [1.165, 1.54) is 0 Å². The maximum absolute atomic E-state index is 10.1. The Morgan fingerprint density at radius 3 is 2.95 bits per heavy atom. The van der Waals surface area contributed by atoms with Gasteiger partial charge in [0, 0.05) is 32.0 Å². The molecule has 0 saturated heterocycles. The summed E-state index contributed by atoms with van der Waals surface area (Å²) >= 11 is 0. The quantitative estimate of drug-likeness (QED) is 0.869. The van der Waals surface area contributed by atoms with Gasteiger partial charge in [-0.15, -0.1) is 0 Å². The van der Waals surface area contributed by atoms with E-state index in [9.17, 15) is 5.11 Å². The molecule has 0 amide bonds. The lowest BCUT2D eigenvalue weighted by Gasteiger charge is -2.29. The monoisotopic (exact) mass is 287 g/mol. The minimum absolute atomic E-state index is 0.361. The van der Waals surface area contributed by atoms with Crippen LogP contribution in [0.3, 0.4) is 0 Å². The van der Waals surface area contributed by atoms with E-state index >= 15 is 0 Å². The van der Waals surface area contributed by atoms with E-state index in [2.05, 4.69) is 14.5 Å². The number of aromatic nitrogens is 2. The summed E-state index contributed by atoms with van der Waals surface area (Å²) in [4.78, 5) is 6.55. The number of β-amino-alcohol motifs (C(OH)–C–C–N with tert-alkyl or cyclic N) is 1. The molecule has 0 fully saturated rings. The highest BCUT2D eigenvalue weighted by Gasteiger charge is 2.19. The minimum atomic E-state index is -0.463. The standard InChI is InChI=1S/C16H21N3O2/c20-15(13-21-12-14-4-2-1-3-5-14)10-18-8-9-19-7-6-17-16(19)11-18/h1-7,15,20H,8-13H2. The van der Waals surface area contributed by atoms with Gasteiger partial charge in [-0.2, -0.15) is 0 Å². The van der Waals surface area contributed by atoms with E-state index in [1.54, 1.807) is 0 Å². The van der Waals surface area contributed by atoms with Gasteiger partial charge in [0.1, 0.15) is 5.82 Å². The molecule has 5 heteroatoms. The summed E-state index contributed by atoms with van der Waals surface area (Å²) in [7, 11) is 0. The van der Waals surface area contributed by atoms with E-state index in [-0.39, 0.29) is 0 Å². The fourth-order valence-corrected chi connectivity index (χ4v) is 2.62. The lowest BCUT2D eigenvalue weighted by atomic mass is 10.2. The van der Waals surface area contributed by atoms with Crippen molar-refractivity contribution in [3.05, 3.63) is 54.1 Å². The van der Waals surface area contributed by atoms with Crippen LogP contribution in [0, 0.1) is 0 Å². The molecule has 1 aromatic carbocycles. The van der Waals surface area contributed by atoms with Crippen LogP contribution in [0.5, 0.6) is 0 Å². The summed E-state index contributed by atoms with van der Waals surface area (Å²) in [6.45, 7) is 4.21. The fourth-order valence-electron chi connectivity index (χ4n) is 2.62. The van der Waals surface area contributed by atoms with Gasteiger partial charge in [0.05, 0.1) is 25.9 Å². The number of hydrogen-bond acceptors (Lipinski definition) is 4. The van der Waals surface area contributed by atoms with Gasteiger partial charge in [0.25, 0.3) is 0 Å². The van der Waals surface area contributed by atoms with Crippen LogP contribution in [0.25, 0.3) is 0 Å². The number of nitrogens with zero attached hydrogens (tertiary/aromatic N) is 3. The predicted octanol–water partition coefficient (Wildman–Crippen LogP) is 1.28. The molecule has 0 aliphatic carbocycles. The number of hydrogen-bond donors (Lipinski definition) is 1. The molecule has 1 aliphatic heterocycles. The average molecular weight is 287 g/mol. The molecular weight excluding hydrogens is 266 g/mol. The Labute approximate surface area is 124 Å².